The van der Waals surface area contributed by atoms with Crippen molar-refractivity contribution < 1.29 is 19.1 Å². The molecule has 1 saturated heterocycles. The SMILES string of the molecule is CCCOc1c(Cl)cc(/C=C2\C(=O)NC(=O)N(c3ccc(Br)cc3)C2=O)cc1Cl. The Balaban J connectivity index is 1.97. The third-order valence-electron chi connectivity index (χ3n) is 3.97. The first-order valence-electron chi connectivity index (χ1n) is 8.60. The van der Waals surface area contributed by atoms with Gasteiger partial charge < -0.3 is 4.74 Å². The first kappa shape index (κ1) is 21.4. The van der Waals surface area contributed by atoms with Gasteiger partial charge in [-0.05, 0) is 54.5 Å². The van der Waals surface area contributed by atoms with Gasteiger partial charge in [0.2, 0.25) is 0 Å². The molecule has 150 valence electrons. The van der Waals surface area contributed by atoms with E-state index in [1.807, 2.05) is 6.92 Å². The quantitative estimate of drug-likeness (QED) is 0.454. The molecule has 3 rings (SSSR count). The summed E-state index contributed by atoms with van der Waals surface area (Å²) in [5.41, 5.74) is 0.530. The second-order valence-electron chi connectivity index (χ2n) is 6.10. The van der Waals surface area contributed by atoms with Crippen molar-refractivity contribution >= 4 is 68.7 Å². The van der Waals surface area contributed by atoms with Crippen LogP contribution in [0.2, 0.25) is 10.0 Å². The normalized spacial score (nSPS) is 15.7. The van der Waals surface area contributed by atoms with E-state index in [0.29, 0.717) is 23.6 Å². The van der Waals surface area contributed by atoms with Crippen LogP contribution in [-0.2, 0) is 9.59 Å². The van der Waals surface area contributed by atoms with Crippen molar-refractivity contribution in [2.24, 2.45) is 0 Å². The molecule has 1 aliphatic heterocycles. The number of amides is 4. The Kier molecular flexibility index (Phi) is 6.62. The fourth-order valence-electron chi connectivity index (χ4n) is 2.65. The first-order chi connectivity index (χ1) is 13.8. The van der Waals surface area contributed by atoms with E-state index in [1.165, 1.54) is 18.2 Å². The summed E-state index contributed by atoms with van der Waals surface area (Å²) in [6.07, 6.45) is 2.12. The summed E-state index contributed by atoms with van der Waals surface area (Å²) >= 11 is 15.8. The van der Waals surface area contributed by atoms with Gasteiger partial charge in [0.15, 0.2) is 5.75 Å². The summed E-state index contributed by atoms with van der Waals surface area (Å²) < 4.78 is 6.30. The molecular formula is C20H15BrCl2N2O4. The number of ether oxygens (including phenoxy) is 1. The van der Waals surface area contributed by atoms with E-state index in [1.54, 1.807) is 24.3 Å². The minimum Gasteiger partial charge on any atom is -0.490 e. The number of carbonyl (C=O) groups is 3. The molecule has 1 N–H and O–H groups in total. The predicted octanol–water partition coefficient (Wildman–Crippen LogP) is 5.21. The van der Waals surface area contributed by atoms with E-state index >= 15 is 0 Å². The van der Waals surface area contributed by atoms with Gasteiger partial charge in [-0.3, -0.25) is 14.9 Å². The fourth-order valence-corrected chi connectivity index (χ4v) is 3.53. The van der Waals surface area contributed by atoms with Gasteiger partial charge in [-0.15, -0.1) is 0 Å². The van der Waals surface area contributed by atoms with Gasteiger partial charge in [0.25, 0.3) is 11.8 Å². The Morgan fingerprint density at radius 3 is 2.31 bits per heavy atom. The monoisotopic (exact) mass is 496 g/mol. The maximum absolute atomic E-state index is 12.9. The summed E-state index contributed by atoms with van der Waals surface area (Å²) in [4.78, 5) is 38.3. The molecule has 2 aromatic rings. The Morgan fingerprint density at radius 2 is 1.72 bits per heavy atom. The lowest BCUT2D eigenvalue weighted by Crippen LogP contribution is -2.54. The number of benzene rings is 2. The lowest BCUT2D eigenvalue weighted by Gasteiger charge is -2.26. The van der Waals surface area contributed by atoms with Crippen LogP contribution in [0, 0.1) is 0 Å². The van der Waals surface area contributed by atoms with Crippen molar-refractivity contribution in [2.75, 3.05) is 11.5 Å². The van der Waals surface area contributed by atoms with Crippen LogP contribution in [0.25, 0.3) is 6.08 Å². The van der Waals surface area contributed by atoms with Gasteiger partial charge in [0, 0.05) is 4.47 Å². The topological polar surface area (TPSA) is 75.7 Å². The highest BCUT2D eigenvalue weighted by Gasteiger charge is 2.36. The average Bonchev–Trinajstić information content (AvgIpc) is 2.66. The predicted molar refractivity (Wildman–Crippen MR) is 115 cm³/mol. The molecule has 2 aromatic carbocycles. The number of hydrogen-bond donors (Lipinski definition) is 1. The van der Waals surface area contributed by atoms with Gasteiger partial charge in [0.05, 0.1) is 22.3 Å². The molecule has 0 aliphatic carbocycles. The lowest BCUT2D eigenvalue weighted by atomic mass is 10.1. The van der Waals surface area contributed by atoms with Gasteiger partial charge in [-0.25, -0.2) is 9.69 Å². The van der Waals surface area contributed by atoms with Crippen molar-refractivity contribution in [3.05, 3.63) is 62.1 Å². The number of halogens is 3. The molecule has 0 atom stereocenters. The largest absolute Gasteiger partial charge is 0.490 e. The molecule has 6 nitrogen and oxygen atoms in total. The molecule has 0 radical (unpaired) electrons. The highest BCUT2D eigenvalue weighted by molar-refractivity contribution is 9.10. The van der Waals surface area contributed by atoms with E-state index in [0.717, 1.165) is 15.8 Å². The average molecular weight is 498 g/mol. The Hall–Kier alpha value is -2.35. The third kappa shape index (κ3) is 4.63. The molecule has 29 heavy (non-hydrogen) atoms. The minimum absolute atomic E-state index is 0.220. The molecule has 0 saturated carbocycles. The van der Waals surface area contributed by atoms with E-state index < -0.39 is 17.8 Å². The number of anilines is 1. The number of rotatable bonds is 5. The van der Waals surface area contributed by atoms with Crippen molar-refractivity contribution in [1.82, 2.24) is 5.32 Å². The zero-order valence-electron chi connectivity index (χ0n) is 15.2. The number of hydrogen-bond acceptors (Lipinski definition) is 4. The lowest BCUT2D eigenvalue weighted by molar-refractivity contribution is -0.122. The number of carbonyl (C=O) groups excluding carboxylic acids is 3. The summed E-state index contributed by atoms with van der Waals surface area (Å²) in [5.74, 6) is -1.21. The first-order valence-corrected chi connectivity index (χ1v) is 10.2. The third-order valence-corrected chi connectivity index (χ3v) is 5.06. The summed E-state index contributed by atoms with van der Waals surface area (Å²) in [7, 11) is 0. The molecule has 0 bridgehead atoms. The Bertz CT molecular complexity index is 999. The summed E-state index contributed by atoms with van der Waals surface area (Å²) in [5, 5.41) is 2.67. The summed E-state index contributed by atoms with van der Waals surface area (Å²) in [6, 6.07) is 8.79. The van der Waals surface area contributed by atoms with E-state index in [4.69, 9.17) is 27.9 Å². The van der Waals surface area contributed by atoms with E-state index in [-0.39, 0.29) is 15.6 Å². The van der Waals surface area contributed by atoms with Crippen molar-refractivity contribution in [2.45, 2.75) is 13.3 Å². The van der Waals surface area contributed by atoms with Gasteiger partial charge in [-0.2, -0.15) is 0 Å². The molecule has 9 heteroatoms. The number of nitrogens with one attached hydrogen (secondary N) is 1. The standard InChI is InChI=1S/C20H15BrCl2N2O4/c1-2-7-29-17-15(22)9-11(10-16(17)23)8-14-18(26)24-20(28)25(19(14)27)13-5-3-12(21)4-6-13/h3-6,8-10H,2,7H2,1H3,(H,24,26,28)/b14-8+. The highest BCUT2D eigenvalue weighted by atomic mass is 79.9. The maximum Gasteiger partial charge on any atom is 0.335 e. The van der Waals surface area contributed by atoms with Crippen LogP contribution in [0.1, 0.15) is 18.9 Å². The molecule has 1 heterocycles. The van der Waals surface area contributed by atoms with Crippen LogP contribution in [-0.4, -0.2) is 24.5 Å². The number of imide groups is 2. The maximum atomic E-state index is 12.9. The van der Waals surface area contributed by atoms with Crippen LogP contribution < -0.4 is 15.0 Å². The van der Waals surface area contributed by atoms with Gasteiger partial charge >= 0.3 is 6.03 Å². The van der Waals surface area contributed by atoms with Crippen LogP contribution >= 0.6 is 39.1 Å². The molecule has 4 amide bonds. The smallest absolute Gasteiger partial charge is 0.335 e. The van der Waals surface area contributed by atoms with Gasteiger partial charge in [-0.1, -0.05) is 46.1 Å². The molecule has 1 aliphatic rings. The van der Waals surface area contributed by atoms with Crippen LogP contribution in [0.5, 0.6) is 5.75 Å². The van der Waals surface area contributed by atoms with Gasteiger partial charge in [0.1, 0.15) is 5.57 Å². The zero-order valence-corrected chi connectivity index (χ0v) is 18.3. The van der Waals surface area contributed by atoms with Crippen LogP contribution in [0.4, 0.5) is 10.5 Å². The summed E-state index contributed by atoms with van der Waals surface area (Å²) in [6.45, 7) is 2.40. The highest BCUT2D eigenvalue weighted by Crippen LogP contribution is 2.35. The molecular weight excluding hydrogens is 483 g/mol. The van der Waals surface area contributed by atoms with E-state index in [9.17, 15) is 14.4 Å². The number of nitrogens with zero attached hydrogens (tertiary/aromatic N) is 1. The van der Waals surface area contributed by atoms with E-state index in [2.05, 4.69) is 21.2 Å². The molecule has 0 aromatic heterocycles. The number of barbiturate groups is 1. The Labute approximate surface area is 185 Å². The molecule has 1 fully saturated rings. The molecule has 0 unspecified atom stereocenters. The molecule has 0 spiro atoms. The second-order valence-corrected chi connectivity index (χ2v) is 7.83. The van der Waals surface area contributed by atoms with Crippen LogP contribution in [0.3, 0.4) is 0 Å². The fraction of sp³-hybridized carbons (Fsp3) is 0.150. The second kappa shape index (κ2) is 8.98. The Morgan fingerprint density at radius 1 is 1.10 bits per heavy atom. The zero-order chi connectivity index (χ0) is 21.1. The van der Waals surface area contributed by atoms with Crippen molar-refractivity contribution in [3.63, 3.8) is 0 Å². The number of urea groups is 1. The van der Waals surface area contributed by atoms with Crippen molar-refractivity contribution in [1.29, 1.82) is 0 Å². The van der Waals surface area contributed by atoms with Crippen molar-refractivity contribution in [3.8, 4) is 5.75 Å². The minimum atomic E-state index is -0.821. The van der Waals surface area contributed by atoms with Crippen LogP contribution in [0.15, 0.2) is 46.4 Å².